The van der Waals surface area contributed by atoms with E-state index in [1.807, 2.05) is 51.1 Å². The molecule has 2 rings (SSSR count). The fraction of sp³-hybridized carbons (Fsp3) is 0.444. The molecule has 0 aliphatic rings. The molecule has 0 aliphatic heterocycles. The third kappa shape index (κ3) is 4.43. The Labute approximate surface area is 142 Å². The first-order chi connectivity index (χ1) is 11.4. The number of carbonyl (C=O) groups excluding carboxylic acids is 1. The number of para-hydroxylation sites is 1. The fourth-order valence-electron chi connectivity index (χ4n) is 2.35. The maximum atomic E-state index is 12.3. The predicted octanol–water partition coefficient (Wildman–Crippen LogP) is 2.43. The molecule has 130 valence electrons. The van der Waals surface area contributed by atoms with Crippen molar-refractivity contribution in [3.8, 4) is 5.69 Å². The van der Waals surface area contributed by atoms with Crippen molar-refractivity contribution in [3.63, 3.8) is 0 Å². The van der Waals surface area contributed by atoms with E-state index in [1.54, 1.807) is 11.6 Å². The van der Waals surface area contributed by atoms with Gasteiger partial charge in [-0.2, -0.15) is 5.10 Å². The van der Waals surface area contributed by atoms with Gasteiger partial charge in [0.05, 0.1) is 29.8 Å². The lowest BCUT2D eigenvalue weighted by atomic mass is 10.2. The molecule has 2 aromatic rings. The van der Waals surface area contributed by atoms with Gasteiger partial charge in [0, 0.05) is 0 Å². The highest BCUT2D eigenvalue weighted by Gasteiger charge is 2.21. The molecule has 6 heteroatoms. The van der Waals surface area contributed by atoms with E-state index in [0.29, 0.717) is 17.0 Å². The molecule has 0 saturated heterocycles. The fourth-order valence-corrected chi connectivity index (χ4v) is 2.35. The summed E-state index contributed by atoms with van der Waals surface area (Å²) >= 11 is 0. The summed E-state index contributed by atoms with van der Waals surface area (Å²) in [6.45, 7) is 7.36. The summed E-state index contributed by atoms with van der Waals surface area (Å²) in [4.78, 5) is 12.3. The van der Waals surface area contributed by atoms with Crippen molar-refractivity contribution >= 4 is 5.97 Å². The normalized spacial score (nSPS) is 12.4. The SMILES string of the molecule is Cc1nn(-c2ccccc2)c(C)c1C(=O)OCC(O)COC(C)C. The molecule has 0 radical (unpaired) electrons. The van der Waals surface area contributed by atoms with Gasteiger partial charge in [-0.1, -0.05) is 18.2 Å². The summed E-state index contributed by atoms with van der Waals surface area (Å²) in [6.07, 6.45) is -0.829. The van der Waals surface area contributed by atoms with Crippen LogP contribution in [-0.4, -0.2) is 46.3 Å². The molecule has 0 bridgehead atoms. The number of aliphatic hydroxyl groups excluding tert-OH is 1. The molecule has 1 N–H and O–H groups in total. The third-order valence-electron chi connectivity index (χ3n) is 3.52. The molecule has 0 saturated carbocycles. The molecule has 24 heavy (non-hydrogen) atoms. The molecule has 6 nitrogen and oxygen atoms in total. The van der Waals surface area contributed by atoms with Gasteiger partial charge in [0.25, 0.3) is 0 Å². The lowest BCUT2D eigenvalue weighted by Crippen LogP contribution is -2.25. The minimum atomic E-state index is -0.846. The van der Waals surface area contributed by atoms with Gasteiger partial charge in [0.2, 0.25) is 0 Å². The van der Waals surface area contributed by atoms with Crippen LogP contribution in [0.1, 0.15) is 35.6 Å². The van der Waals surface area contributed by atoms with Crippen molar-refractivity contribution in [2.24, 2.45) is 0 Å². The maximum Gasteiger partial charge on any atom is 0.342 e. The smallest absolute Gasteiger partial charge is 0.342 e. The first-order valence-electron chi connectivity index (χ1n) is 7.98. The van der Waals surface area contributed by atoms with Crippen LogP contribution in [0.2, 0.25) is 0 Å². The Morgan fingerprint density at radius 3 is 2.50 bits per heavy atom. The van der Waals surface area contributed by atoms with Gasteiger partial charge in [-0.3, -0.25) is 0 Å². The van der Waals surface area contributed by atoms with E-state index >= 15 is 0 Å². The van der Waals surface area contributed by atoms with Gasteiger partial charge in [-0.15, -0.1) is 0 Å². The van der Waals surface area contributed by atoms with E-state index in [2.05, 4.69) is 5.10 Å². The highest BCUT2D eigenvalue weighted by molar-refractivity contribution is 5.92. The van der Waals surface area contributed by atoms with Crippen molar-refractivity contribution in [1.29, 1.82) is 0 Å². The highest BCUT2D eigenvalue weighted by Crippen LogP contribution is 2.18. The molecular weight excluding hydrogens is 308 g/mol. The number of esters is 1. The van der Waals surface area contributed by atoms with Gasteiger partial charge in [0.1, 0.15) is 18.3 Å². The number of hydrogen-bond acceptors (Lipinski definition) is 5. The van der Waals surface area contributed by atoms with Crippen LogP contribution in [-0.2, 0) is 9.47 Å². The topological polar surface area (TPSA) is 73.6 Å². The summed E-state index contributed by atoms with van der Waals surface area (Å²) in [7, 11) is 0. The lowest BCUT2D eigenvalue weighted by Gasteiger charge is -2.13. The molecule has 1 aromatic carbocycles. The Bertz CT molecular complexity index is 680. The predicted molar refractivity (Wildman–Crippen MR) is 90.4 cm³/mol. The minimum Gasteiger partial charge on any atom is -0.459 e. The molecule has 0 aliphatic carbocycles. The summed E-state index contributed by atoms with van der Waals surface area (Å²) in [5, 5.41) is 14.2. The van der Waals surface area contributed by atoms with Gasteiger partial charge in [-0.25, -0.2) is 9.48 Å². The Hall–Kier alpha value is -2.18. The molecule has 0 spiro atoms. The number of benzene rings is 1. The van der Waals surface area contributed by atoms with Gasteiger partial charge < -0.3 is 14.6 Å². The van der Waals surface area contributed by atoms with Crippen molar-refractivity contribution in [3.05, 3.63) is 47.3 Å². The van der Waals surface area contributed by atoms with Gasteiger partial charge in [-0.05, 0) is 39.8 Å². The van der Waals surface area contributed by atoms with Crippen LogP contribution in [0.5, 0.6) is 0 Å². The molecule has 1 atom stereocenters. The van der Waals surface area contributed by atoms with E-state index in [4.69, 9.17) is 9.47 Å². The van der Waals surface area contributed by atoms with E-state index in [0.717, 1.165) is 5.69 Å². The van der Waals surface area contributed by atoms with Crippen LogP contribution < -0.4 is 0 Å². The highest BCUT2D eigenvalue weighted by atomic mass is 16.5. The number of aryl methyl sites for hydroxylation is 1. The largest absolute Gasteiger partial charge is 0.459 e. The first-order valence-corrected chi connectivity index (χ1v) is 7.98. The Kier molecular flexibility index (Phi) is 6.11. The third-order valence-corrected chi connectivity index (χ3v) is 3.52. The second kappa shape index (κ2) is 8.08. The van der Waals surface area contributed by atoms with Gasteiger partial charge in [0.15, 0.2) is 0 Å². The van der Waals surface area contributed by atoms with E-state index < -0.39 is 12.1 Å². The quantitative estimate of drug-likeness (QED) is 0.788. The van der Waals surface area contributed by atoms with Gasteiger partial charge >= 0.3 is 5.97 Å². The monoisotopic (exact) mass is 332 g/mol. The molecule has 1 heterocycles. The van der Waals surface area contributed by atoms with Crippen LogP contribution in [0.15, 0.2) is 30.3 Å². The van der Waals surface area contributed by atoms with Crippen LogP contribution in [0, 0.1) is 13.8 Å². The zero-order chi connectivity index (χ0) is 17.7. The summed E-state index contributed by atoms with van der Waals surface area (Å²) in [5.41, 5.74) is 2.60. The minimum absolute atomic E-state index is 0.0175. The van der Waals surface area contributed by atoms with Crippen molar-refractivity contribution < 1.29 is 19.4 Å². The summed E-state index contributed by atoms with van der Waals surface area (Å²) < 4.78 is 12.2. The number of nitrogens with zero attached hydrogens (tertiary/aromatic N) is 2. The molecular formula is C18H24N2O4. The number of hydrogen-bond donors (Lipinski definition) is 1. The average molecular weight is 332 g/mol. The average Bonchev–Trinajstić information content (AvgIpc) is 2.86. The molecule has 1 aromatic heterocycles. The van der Waals surface area contributed by atoms with Crippen molar-refractivity contribution in [2.75, 3.05) is 13.2 Å². The van der Waals surface area contributed by atoms with Crippen molar-refractivity contribution in [2.45, 2.75) is 39.9 Å². The second-order valence-electron chi connectivity index (χ2n) is 5.93. The Balaban J connectivity index is 2.06. The van der Waals surface area contributed by atoms with E-state index in [9.17, 15) is 9.90 Å². The van der Waals surface area contributed by atoms with Crippen LogP contribution in [0.25, 0.3) is 5.69 Å². The first kappa shape index (κ1) is 18.2. The van der Waals surface area contributed by atoms with Crippen LogP contribution in [0.3, 0.4) is 0 Å². The zero-order valence-electron chi connectivity index (χ0n) is 14.5. The number of rotatable bonds is 7. The maximum absolute atomic E-state index is 12.3. The van der Waals surface area contributed by atoms with E-state index in [-0.39, 0.29) is 19.3 Å². The molecule has 1 unspecified atom stereocenters. The zero-order valence-corrected chi connectivity index (χ0v) is 14.5. The number of ether oxygens (including phenoxy) is 2. The van der Waals surface area contributed by atoms with E-state index in [1.165, 1.54) is 0 Å². The van der Waals surface area contributed by atoms with Crippen LogP contribution >= 0.6 is 0 Å². The second-order valence-corrected chi connectivity index (χ2v) is 5.93. The summed E-state index contributed by atoms with van der Waals surface area (Å²) in [6, 6.07) is 9.58. The Morgan fingerprint density at radius 2 is 1.88 bits per heavy atom. The number of aliphatic hydroxyl groups is 1. The molecule has 0 amide bonds. The van der Waals surface area contributed by atoms with Crippen molar-refractivity contribution in [1.82, 2.24) is 9.78 Å². The lowest BCUT2D eigenvalue weighted by molar-refractivity contribution is -0.0269. The number of carbonyl (C=O) groups is 1. The van der Waals surface area contributed by atoms with Crippen LogP contribution in [0.4, 0.5) is 0 Å². The molecule has 0 fully saturated rings. The number of aromatic nitrogens is 2. The Morgan fingerprint density at radius 1 is 1.21 bits per heavy atom. The standard InChI is InChI=1S/C18H24N2O4/c1-12(2)23-10-16(21)11-24-18(22)17-13(3)19-20(14(17)4)15-8-6-5-7-9-15/h5-9,12,16,21H,10-11H2,1-4H3. The summed E-state index contributed by atoms with van der Waals surface area (Å²) in [5.74, 6) is -0.490.